The van der Waals surface area contributed by atoms with Crippen LogP contribution in [0.5, 0.6) is 0 Å². The number of rotatable bonds is 5. The predicted molar refractivity (Wildman–Crippen MR) is 76.7 cm³/mol. The molecule has 0 saturated heterocycles. The van der Waals surface area contributed by atoms with Crippen LogP contribution >= 0.6 is 11.8 Å². The Labute approximate surface area is 117 Å². The SMILES string of the molecule is CCC(N)C(Sc1ccccc1F)c1ccc(C)o1. The van der Waals surface area contributed by atoms with Crippen LogP contribution < -0.4 is 5.73 Å². The van der Waals surface area contributed by atoms with Gasteiger partial charge in [0.1, 0.15) is 17.3 Å². The van der Waals surface area contributed by atoms with E-state index >= 15 is 0 Å². The van der Waals surface area contributed by atoms with Crippen LogP contribution in [-0.4, -0.2) is 6.04 Å². The lowest BCUT2D eigenvalue weighted by Gasteiger charge is -2.20. The molecule has 2 rings (SSSR count). The second-order valence-electron chi connectivity index (χ2n) is 4.49. The van der Waals surface area contributed by atoms with Gasteiger partial charge < -0.3 is 10.2 Å². The Hall–Kier alpha value is -1.26. The van der Waals surface area contributed by atoms with Crippen LogP contribution in [0, 0.1) is 12.7 Å². The lowest BCUT2D eigenvalue weighted by atomic mass is 10.1. The van der Waals surface area contributed by atoms with E-state index in [1.807, 2.05) is 32.0 Å². The van der Waals surface area contributed by atoms with Crippen LogP contribution in [0.3, 0.4) is 0 Å². The van der Waals surface area contributed by atoms with Crippen molar-refractivity contribution in [3.8, 4) is 0 Å². The zero-order valence-electron chi connectivity index (χ0n) is 11.1. The Morgan fingerprint density at radius 2 is 2.00 bits per heavy atom. The quantitative estimate of drug-likeness (QED) is 0.829. The first-order valence-electron chi connectivity index (χ1n) is 6.35. The third-order valence-corrected chi connectivity index (χ3v) is 4.41. The van der Waals surface area contributed by atoms with Crippen molar-refractivity contribution in [2.75, 3.05) is 0 Å². The Morgan fingerprint density at radius 3 is 2.58 bits per heavy atom. The molecule has 102 valence electrons. The summed E-state index contributed by atoms with van der Waals surface area (Å²) < 4.78 is 19.4. The highest BCUT2D eigenvalue weighted by molar-refractivity contribution is 7.99. The van der Waals surface area contributed by atoms with Gasteiger partial charge in [-0.3, -0.25) is 0 Å². The highest BCUT2D eigenvalue weighted by Crippen LogP contribution is 2.39. The number of halogens is 1. The zero-order valence-corrected chi connectivity index (χ0v) is 11.9. The summed E-state index contributed by atoms with van der Waals surface area (Å²) in [6.45, 7) is 3.92. The van der Waals surface area contributed by atoms with Gasteiger partial charge in [-0.2, -0.15) is 0 Å². The summed E-state index contributed by atoms with van der Waals surface area (Å²) >= 11 is 1.42. The van der Waals surface area contributed by atoms with E-state index in [0.717, 1.165) is 17.9 Å². The largest absolute Gasteiger partial charge is 0.465 e. The number of benzene rings is 1. The summed E-state index contributed by atoms with van der Waals surface area (Å²) in [6, 6.07) is 10.5. The summed E-state index contributed by atoms with van der Waals surface area (Å²) in [5.41, 5.74) is 6.15. The Bertz CT molecular complexity index is 540. The number of hydrogen-bond donors (Lipinski definition) is 1. The van der Waals surface area contributed by atoms with Gasteiger partial charge in [-0.25, -0.2) is 4.39 Å². The molecule has 1 aromatic carbocycles. The molecule has 2 atom stereocenters. The predicted octanol–water partition coefficient (Wildman–Crippen LogP) is 4.30. The molecule has 0 saturated carbocycles. The minimum atomic E-state index is -0.218. The normalized spacial score (nSPS) is 14.3. The molecule has 2 aromatic rings. The molecule has 0 fully saturated rings. The average molecular weight is 279 g/mol. The maximum absolute atomic E-state index is 13.7. The van der Waals surface area contributed by atoms with Gasteiger partial charge in [-0.15, -0.1) is 11.8 Å². The van der Waals surface area contributed by atoms with Crippen LogP contribution in [0.1, 0.15) is 30.1 Å². The van der Waals surface area contributed by atoms with Crippen molar-refractivity contribution >= 4 is 11.8 Å². The van der Waals surface area contributed by atoms with Crippen molar-refractivity contribution in [1.82, 2.24) is 0 Å². The van der Waals surface area contributed by atoms with E-state index in [-0.39, 0.29) is 17.1 Å². The average Bonchev–Trinajstić information content (AvgIpc) is 2.83. The van der Waals surface area contributed by atoms with Crippen molar-refractivity contribution in [3.05, 3.63) is 53.7 Å². The second-order valence-corrected chi connectivity index (χ2v) is 5.67. The fourth-order valence-electron chi connectivity index (χ4n) is 1.85. The van der Waals surface area contributed by atoms with E-state index in [0.29, 0.717) is 4.90 Å². The molecule has 4 heteroatoms. The third-order valence-electron chi connectivity index (χ3n) is 2.99. The molecule has 2 N–H and O–H groups in total. The lowest BCUT2D eigenvalue weighted by Crippen LogP contribution is -2.25. The van der Waals surface area contributed by atoms with E-state index in [1.165, 1.54) is 17.8 Å². The first kappa shape index (κ1) is 14.2. The van der Waals surface area contributed by atoms with Gasteiger partial charge in [-0.1, -0.05) is 19.1 Å². The molecular weight excluding hydrogens is 261 g/mol. The molecule has 0 radical (unpaired) electrons. The molecule has 0 aliphatic rings. The van der Waals surface area contributed by atoms with E-state index < -0.39 is 0 Å². The molecule has 2 unspecified atom stereocenters. The number of furan rings is 1. The van der Waals surface area contributed by atoms with E-state index in [2.05, 4.69) is 0 Å². The third kappa shape index (κ3) is 3.39. The van der Waals surface area contributed by atoms with Gasteiger partial charge in [-0.05, 0) is 37.6 Å². The van der Waals surface area contributed by atoms with Gasteiger partial charge in [0, 0.05) is 10.9 Å². The van der Waals surface area contributed by atoms with Crippen LogP contribution in [0.4, 0.5) is 4.39 Å². The van der Waals surface area contributed by atoms with Gasteiger partial charge in [0.2, 0.25) is 0 Å². The molecule has 0 spiro atoms. The van der Waals surface area contributed by atoms with E-state index in [4.69, 9.17) is 10.2 Å². The number of nitrogens with two attached hydrogens (primary N) is 1. The summed E-state index contributed by atoms with van der Waals surface area (Å²) in [7, 11) is 0. The Morgan fingerprint density at radius 1 is 1.26 bits per heavy atom. The van der Waals surface area contributed by atoms with Crippen molar-refractivity contribution in [2.45, 2.75) is 36.5 Å². The molecular formula is C15H18FNOS. The van der Waals surface area contributed by atoms with Crippen molar-refractivity contribution < 1.29 is 8.81 Å². The van der Waals surface area contributed by atoms with Crippen LogP contribution in [0.15, 0.2) is 45.7 Å². The highest BCUT2D eigenvalue weighted by Gasteiger charge is 2.24. The topological polar surface area (TPSA) is 39.2 Å². The monoisotopic (exact) mass is 279 g/mol. The molecule has 0 amide bonds. The molecule has 19 heavy (non-hydrogen) atoms. The number of aryl methyl sites for hydroxylation is 1. The number of hydrogen-bond acceptors (Lipinski definition) is 3. The number of thioether (sulfide) groups is 1. The van der Waals surface area contributed by atoms with Crippen LogP contribution in [0.2, 0.25) is 0 Å². The fourth-order valence-corrected chi connectivity index (χ4v) is 3.08. The van der Waals surface area contributed by atoms with E-state index in [9.17, 15) is 4.39 Å². The zero-order chi connectivity index (χ0) is 13.8. The highest BCUT2D eigenvalue weighted by atomic mass is 32.2. The van der Waals surface area contributed by atoms with Gasteiger partial charge in [0.25, 0.3) is 0 Å². The van der Waals surface area contributed by atoms with Crippen molar-refractivity contribution in [3.63, 3.8) is 0 Å². The standard InChI is InChI=1S/C15H18FNOS/c1-3-12(17)15(13-9-8-10(2)18-13)19-14-7-5-4-6-11(14)16/h4-9,12,15H,3,17H2,1-2H3. The van der Waals surface area contributed by atoms with Gasteiger partial charge in [0.15, 0.2) is 0 Å². The summed E-state index contributed by atoms with van der Waals surface area (Å²) in [6.07, 6.45) is 0.811. The van der Waals surface area contributed by atoms with Crippen LogP contribution in [-0.2, 0) is 0 Å². The lowest BCUT2D eigenvalue weighted by molar-refractivity contribution is 0.454. The van der Waals surface area contributed by atoms with Gasteiger partial charge >= 0.3 is 0 Å². The molecule has 1 heterocycles. The Kier molecular flexibility index (Phi) is 4.66. The second kappa shape index (κ2) is 6.26. The maximum atomic E-state index is 13.7. The summed E-state index contributed by atoms with van der Waals surface area (Å²) in [5, 5.41) is -0.0735. The van der Waals surface area contributed by atoms with Crippen LogP contribution in [0.25, 0.3) is 0 Å². The first-order valence-corrected chi connectivity index (χ1v) is 7.23. The summed E-state index contributed by atoms with van der Waals surface area (Å²) in [5.74, 6) is 1.43. The molecule has 2 nitrogen and oxygen atoms in total. The molecule has 0 aliphatic carbocycles. The molecule has 0 aliphatic heterocycles. The Balaban J connectivity index is 2.27. The van der Waals surface area contributed by atoms with Crippen molar-refractivity contribution in [1.29, 1.82) is 0 Å². The minimum Gasteiger partial charge on any atom is -0.465 e. The van der Waals surface area contributed by atoms with E-state index in [1.54, 1.807) is 12.1 Å². The van der Waals surface area contributed by atoms with Crippen molar-refractivity contribution in [2.24, 2.45) is 5.73 Å². The molecule has 1 aromatic heterocycles. The molecule has 0 bridgehead atoms. The first-order chi connectivity index (χ1) is 9.11. The smallest absolute Gasteiger partial charge is 0.136 e. The fraction of sp³-hybridized carbons (Fsp3) is 0.333. The maximum Gasteiger partial charge on any atom is 0.136 e. The minimum absolute atomic E-state index is 0.0735. The summed E-state index contributed by atoms with van der Waals surface area (Å²) in [4.78, 5) is 0.602. The van der Waals surface area contributed by atoms with Gasteiger partial charge in [0.05, 0.1) is 5.25 Å².